The van der Waals surface area contributed by atoms with Crippen LogP contribution >= 0.6 is 11.8 Å². The van der Waals surface area contributed by atoms with Crippen LogP contribution in [0.2, 0.25) is 0 Å². The molecule has 0 atom stereocenters. The van der Waals surface area contributed by atoms with Crippen LogP contribution in [0, 0.1) is 0 Å². The fraction of sp³-hybridized carbons (Fsp3) is 0.647. The highest BCUT2D eigenvalue weighted by Gasteiger charge is 2.51. The fourth-order valence-corrected chi connectivity index (χ4v) is 4.58. The SMILES string of the molecule is CCOC(=O)/C=C1\SCC(=O)N1CCN1C(=O)NC2(CCCCC2)C1=O. The van der Waals surface area contributed by atoms with Crippen molar-refractivity contribution in [1.29, 1.82) is 0 Å². The van der Waals surface area contributed by atoms with Gasteiger partial charge in [-0.2, -0.15) is 0 Å². The van der Waals surface area contributed by atoms with Gasteiger partial charge in [0.1, 0.15) is 5.54 Å². The van der Waals surface area contributed by atoms with Crippen molar-refractivity contribution in [1.82, 2.24) is 15.1 Å². The van der Waals surface area contributed by atoms with Gasteiger partial charge < -0.3 is 15.0 Å². The number of ether oxygens (including phenoxy) is 1. The summed E-state index contributed by atoms with van der Waals surface area (Å²) in [7, 11) is 0. The summed E-state index contributed by atoms with van der Waals surface area (Å²) in [5, 5.41) is 3.35. The first-order chi connectivity index (χ1) is 12.5. The summed E-state index contributed by atoms with van der Waals surface area (Å²) in [5.41, 5.74) is -0.761. The van der Waals surface area contributed by atoms with Gasteiger partial charge in [0.2, 0.25) is 5.91 Å². The van der Waals surface area contributed by atoms with Gasteiger partial charge in [0.05, 0.1) is 23.5 Å². The lowest BCUT2D eigenvalue weighted by molar-refractivity contribution is -0.137. The number of nitrogens with zero attached hydrogens (tertiary/aromatic N) is 2. The van der Waals surface area contributed by atoms with E-state index >= 15 is 0 Å². The van der Waals surface area contributed by atoms with Gasteiger partial charge in [-0.25, -0.2) is 9.59 Å². The molecule has 3 fully saturated rings. The third-order valence-electron chi connectivity index (χ3n) is 4.94. The van der Waals surface area contributed by atoms with E-state index in [0.29, 0.717) is 17.9 Å². The molecule has 26 heavy (non-hydrogen) atoms. The number of hydrogen-bond donors (Lipinski definition) is 1. The van der Waals surface area contributed by atoms with Gasteiger partial charge in [0, 0.05) is 13.1 Å². The van der Waals surface area contributed by atoms with Crippen LogP contribution in [0.15, 0.2) is 11.1 Å². The highest BCUT2D eigenvalue weighted by Crippen LogP contribution is 2.34. The Labute approximate surface area is 156 Å². The molecule has 142 valence electrons. The number of rotatable bonds is 5. The lowest BCUT2D eigenvalue weighted by Gasteiger charge is -2.30. The Morgan fingerprint density at radius 3 is 2.58 bits per heavy atom. The highest BCUT2D eigenvalue weighted by atomic mass is 32.2. The predicted octanol–water partition coefficient (Wildman–Crippen LogP) is 1.22. The molecule has 2 saturated heterocycles. The second-order valence-electron chi connectivity index (χ2n) is 6.60. The summed E-state index contributed by atoms with van der Waals surface area (Å²) in [5.74, 6) is -0.622. The van der Waals surface area contributed by atoms with E-state index in [1.54, 1.807) is 6.92 Å². The van der Waals surface area contributed by atoms with E-state index in [1.165, 1.54) is 27.6 Å². The number of urea groups is 1. The number of thioether (sulfide) groups is 1. The smallest absolute Gasteiger partial charge is 0.333 e. The average Bonchev–Trinajstić information content (AvgIpc) is 3.05. The molecule has 0 aromatic heterocycles. The standard InChI is InChI=1S/C17H23N3O5S/c1-2-25-14(22)10-13-19(12(21)11-26-13)8-9-20-15(23)17(18-16(20)24)6-4-3-5-7-17/h10H,2-9,11H2,1H3,(H,18,24)/b13-10-. The zero-order valence-electron chi connectivity index (χ0n) is 14.8. The molecule has 2 aliphatic heterocycles. The third kappa shape index (κ3) is 3.58. The number of carbonyl (C=O) groups is 4. The van der Waals surface area contributed by atoms with E-state index in [2.05, 4.69) is 5.32 Å². The van der Waals surface area contributed by atoms with E-state index in [4.69, 9.17) is 4.74 Å². The Hall–Kier alpha value is -2.03. The van der Waals surface area contributed by atoms with Crippen molar-refractivity contribution < 1.29 is 23.9 Å². The Bertz CT molecular complexity index is 657. The molecule has 4 amide bonds. The Morgan fingerprint density at radius 1 is 1.19 bits per heavy atom. The summed E-state index contributed by atoms with van der Waals surface area (Å²) in [6.07, 6.45) is 5.54. The number of esters is 1. The van der Waals surface area contributed by atoms with E-state index in [9.17, 15) is 19.2 Å². The molecule has 3 aliphatic rings. The maximum absolute atomic E-state index is 12.8. The average molecular weight is 381 g/mol. The maximum Gasteiger partial charge on any atom is 0.333 e. The molecule has 0 bridgehead atoms. The van der Waals surface area contributed by atoms with Gasteiger partial charge in [0.15, 0.2) is 0 Å². The van der Waals surface area contributed by atoms with Crippen LogP contribution in [-0.2, 0) is 19.1 Å². The minimum Gasteiger partial charge on any atom is -0.463 e. The van der Waals surface area contributed by atoms with E-state index in [-0.39, 0.29) is 37.3 Å². The van der Waals surface area contributed by atoms with Crippen molar-refractivity contribution in [2.24, 2.45) is 0 Å². The monoisotopic (exact) mass is 381 g/mol. The van der Waals surface area contributed by atoms with Gasteiger partial charge in [-0.1, -0.05) is 31.0 Å². The normalized spacial score (nSPS) is 23.9. The van der Waals surface area contributed by atoms with Crippen molar-refractivity contribution in [3.05, 3.63) is 11.1 Å². The van der Waals surface area contributed by atoms with Crippen LogP contribution in [0.25, 0.3) is 0 Å². The molecule has 3 rings (SSSR count). The maximum atomic E-state index is 12.8. The molecular formula is C17H23N3O5S. The molecule has 1 aliphatic carbocycles. The van der Waals surface area contributed by atoms with Crippen LogP contribution in [0.1, 0.15) is 39.0 Å². The topological polar surface area (TPSA) is 96.0 Å². The second kappa shape index (κ2) is 7.69. The molecule has 0 radical (unpaired) electrons. The molecule has 8 nitrogen and oxygen atoms in total. The molecule has 0 unspecified atom stereocenters. The number of nitrogens with one attached hydrogen (secondary N) is 1. The third-order valence-corrected chi connectivity index (χ3v) is 5.96. The number of imide groups is 1. The van der Waals surface area contributed by atoms with Crippen molar-refractivity contribution in [2.45, 2.75) is 44.6 Å². The number of carbonyl (C=O) groups excluding carboxylic acids is 4. The van der Waals surface area contributed by atoms with Gasteiger partial charge >= 0.3 is 12.0 Å². The van der Waals surface area contributed by atoms with E-state index in [1.807, 2.05) is 0 Å². The zero-order valence-corrected chi connectivity index (χ0v) is 15.6. The number of hydrogen-bond acceptors (Lipinski definition) is 6. The molecule has 1 spiro atoms. The number of amides is 4. The first-order valence-corrected chi connectivity index (χ1v) is 9.91. The molecule has 2 heterocycles. The van der Waals surface area contributed by atoms with Gasteiger partial charge in [0.25, 0.3) is 5.91 Å². The highest BCUT2D eigenvalue weighted by molar-refractivity contribution is 8.04. The largest absolute Gasteiger partial charge is 0.463 e. The molecule has 0 aromatic carbocycles. The van der Waals surface area contributed by atoms with Gasteiger partial charge in [-0.15, -0.1) is 0 Å². The fourth-order valence-electron chi connectivity index (χ4n) is 3.63. The first kappa shape index (κ1) is 18.8. The lowest BCUT2D eigenvalue weighted by atomic mass is 9.82. The molecule has 1 N–H and O–H groups in total. The van der Waals surface area contributed by atoms with Crippen LogP contribution in [0.5, 0.6) is 0 Å². The van der Waals surface area contributed by atoms with Crippen molar-refractivity contribution >= 4 is 35.6 Å². The Morgan fingerprint density at radius 2 is 1.88 bits per heavy atom. The minimum atomic E-state index is -0.761. The second-order valence-corrected chi connectivity index (χ2v) is 7.59. The first-order valence-electron chi connectivity index (χ1n) is 8.92. The van der Waals surface area contributed by atoms with Crippen LogP contribution < -0.4 is 5.32 Å². The van der Waals surface area contributed by atoms with Crippen molar-refractivity contribution in [3.63, 3.8) is 0 Å². The summed E-state index contributed by atoms with van der Waals surface area (Å²) >= 11 is 1.25. The molecule has 0 aromatic rings. The molecule has 9 heteroatoms. The van der Waals surface area contributed by atoms with Crippen LogP contribution in [0.4, 0.5) is 4.79 Å². The quantitative estimate of drug-likeness (QED) is 0.437. The minimum absolute atomic E-state index is 0.110. The Balaban J connectivity index is 1.65. The zero-order chi connectivity index (χ0) is 18.7. The van der Waals surface area contributed by atoms with Gasteiger partial charge in [-0.3, -0.25) is 14.5 Å². The predicted molar refractivity (Wildman–Crippen MR) is 94.9 cm³/mol. The molecule has 1 saturated carbocycles. The molecular weight excluding hydrogens is 358 g/mol. The van der Waals surface area contributed by atoms with E-state index in [0.717, 1.165) is 19.3 Å². The van der Waals surface area contributed by atoms with Crippen LogP contribution in [0.3, 0.4) is 0 Å². The van der Waals surface area contributed by atoms with E-state index < -0.39 is 17.5 Å². The summed E-state index contributed by atoms with van der Waals surface area (Å²) < 4.78 is 4.88. The summed E-state index contributed by atoms with van der Waals surface area (Å²) in [6.45, 7) is 2.25. The van der Waals surface area contributed by atoms with Crippen molar-refractivity contribution in [2.75, 3.05) is 25.4 Å². The summed E-state index contributed by atoms with van der Waals surface area (Å²) in [6, 6.07) is -0.396. The Kier molecular flexibility index (Phi) is 5.55. The van der Waals surface area contributed by atoms with Crippen LogP contribution in [-0.4, -0.2) is 64.6 Å². The van der Waals surface area contributed by atoms with Gasteiger partial charge in [-0.05, 0) is 19.8 Å². The summed E-state index contributed by atoms with van der Waals surface area (Å²) in [4.78, 5) is 51.4. The van der Waals surface area contributed by atoms with Crippen molar-refractivity contribution in [3.8, 4) is 0 Å². The lowest BCUT2D eigenvalue weighted by Crippen LogP contribution is -2.48.